The second-order valence-electron chi connectivity index (χ2n) is 2.45. The molecule has 1 aromatic rings. The Bertz CT molecular complexity index is 365. The van der Waals surface area contributed by atoms with Crippen molar-refractivity contribution in [3.05, 3.63) is 43.0 Å². The molecule has 0 saturated carbocycles. The summed E-state index contributed by atoms with van der Waals surface area (Å²) in [4.78, 5) is 3.92. The topological polar surface area (TPSA) is 57.4 Å². The van der Waals surface area contributed by atoms with Crippen molar-refractivity contribution >= 4 is 5.57 Å². The average Bonchev–Trinajstić information content (AvgIpc) is 2.75. The molecule has 2 rings (SSSR count). The number of hydrogen-bond donors (Lipinski definition) is 0. The Morgan fingerprint density at radius 1 is 1.21 bits per heavy atom. The largest absolute Gasteiger partial charge is 0.465 e. The molecule has 0 amide bonds. The van der Waals surface area contributed by atoms with Crippen molar-refractivity contribution < 1.29 is 14.0 Å². The van der Waals surface area contributed by atoms with Gasteiger partial charge >= 0.3 is 0 Å². The molecule has 2 heterocycles. The number of hydrogen-bond acceptors (Lipinski definition) is 5. The van der Waals surface area contributed by atoms with Crippen LogP contribution in [0.3, 0.4) is 0 Å². The molecule has 0 saturated heterocycles. The summed E-state index contributed by atoms with van der Waals surface area (Å²) in [5.41, 5.74) is 0.768. The summed E-state index contributed by atoms with van der Waals surface area (Å²) in [7, 11) is 0. The van der Waals surface area contributed by atoms with Gasteiger partial charge in [0.05, 0.1) is 12.5 Å². The Morgan fingerprint density at radius 2 is 2.14 bits per heavy atom. The first-order chi connectivity index (χ1) is 6.97. The molecular weight excluding hydrogens is 184 g/mol. The van der Waals surface area contributed by atoms with Crippen LogP contribution in [0.5, 0.6) is 0 Å². The smallest absolute Gasteiger partial charge is 0.257 e. The van der Waals surface area contributed by atoms with E-state index in [9.17, 15) is 0 Å². The molecule has 1 aromatic heterocycles. The van der Waals surface area contributed by atoms with Crippen LogP contribution in [0.25, 0.3) is 5.57 Å². The van der Waals surface area contributed by atoms with Gasteiger partial charge in [0.15, 0.2) is 6.33 Å². The molecule has 0 fully saturated rings. The van der Waals surface area contributed by atoms with E-state index < -0.39 is 0 Å². The molecule has 0 aromatic carbocycles. The lowest BCUT2D eigenvalue weighted by Crippen LogP contribution is -1.86. The first kappa shape index (κ1) is 8.55. The highest BCUT2D eigenvalue weighted by atomic mass is 16.7. The molecule has 0 unspecified atom stereocenters. The van der Waals surface area contributed by atoms with Gasteiger partial charge in [0.1, 0.15) is 0 Å². The third kappa shape index (κ3) is 2.01. The second kappa shape index (κ2) is 4.27. The lowest BCUT2D eigenvalue weighted by atomic mass is 10.2. The minimum Gasteiger partial charge on any atom is -0.465 e. The Balaban J connectivity index is 2.26. The van der Waals surface area contributed by atoms with Crippen molar-refractivity contribution in [1.82, 2.24) is 10.1 Å². The van der Waals surface area contributed by atoms with Crippen LogP contribution < -0.4 is 0 Å². The fourth-order valence-electron chi connectivity index (χ4n) is 0.936. The number of rotatable bonds is 1. The third-order valence-electron chi connectivity index (χ3n) is 1.54. The summed E-state index contributed by atoms with van der Waals surface area (Å²) in [6.07, 6.45) is 9.65. The van der Waals surface area contributed by atoms with Gasteiger partial charge in [-0.15, -0.1) is 0 Å². The van der Waals surface area contributed by atoms with Crippen LogP contribution in [0.2, 0.25) is 0 Å². The molecule has 72 valence electrons. The Hall–Kier alpha value is -2.04. The van der Waals surface area contributed by atoms with Crippen molar-refractivity contribution in [3.8, 4) is 0 Å². The summed E-state index contributed by atoms with van der Waals surface area (Å²) < 4.78 is 14.9. The van der Waals surface area contributed by atoms with E-state index in [0.717, 1.165) is 5.57 Å². The molecular formula is C9H8N2O3. The zero-order chi connectivity index (χ0) is 9.64. The van der Waals surface area contributed by atoms with Gasteiger partial charge in [-0.1, -0.05) is 5.16 Å². The Labute approximate surface area is 80.3 Å². The number of allylic oxidation sites excluding steroid dienone is 4. The molecule has 1 aliphatic heterocycles. The summed E-state index contributed by atoms with van der Waals surface area (Å²) in [6, 6.07) is 0. The highest BCUT2D eigenvalue weighted by Gasteiger charge is 2.03. The molecule has 5 nitrogen and oxygen atoms in total. The maximum absolute atomic E-state index is 5.00. The minimum atomic E-state index is 0.192. The quantitative estimate of drug-likeness (QED) is 0.674. The van der Waals surface area contributed by atoms with Crippen LogP contribution in [0.15, 0.2) is 41.6 Å². The first-order valence-corrected chi connectivity index (χ1v) is 4.00. The van der Waals surface area contributed by atoms with Gasteiger partial charge in [-0.3, -0.25) is 0 Å². The van der Waals surface area contributed by atoms with E-state index in [2.05, 4.69) is 10.1 Å². The van der Waals surface area contributed by atoms with E-state index in [-0.39, 0.29) is 6.79 Å². The molecule has 5 heteroatoms. The van der Waals surface area contributed by atoms with Crippen LogP contribution in [-0.4, -0.2) is 16.9 Å². The van der Waals surface area contributed by atoms with Crippen LogP contribution in [0.4, 0.5) is 0 Å². The molecule has 14 heavy (non-hydrogen) atoms. The van der Waals surface area contributed by atoms with Crippen molar-refractivity contribution in [2.24, 2.45) is 0 Å². The second-order valence-corrected chi connectivity index (χ2v) is 2.45. The van der Waals surface area contributed by atoms with Crippen molar-refractivity contribution in [1.29, 1.82) is 0 Å². The van der Waals surface area contributed by atoms with Gasteiger partial charge in [-0.25, -0.2) is 0 Å². The van der Waals surface area contributed by atoms with Crippen LogP contribution >= 0.6 is 0 Å². The van der Waals surface area contributed by atoms with Crippen LogP contribution in [-0.2, 0) is 9.47 Å². The van der Waals surface area contributed by atoms with E-state index in [4.69, 9.17) is 14.0 Å². The maximum atomic E-state index is 5.00. The lowest BCUT2D eigenvalue weighted by Gasteiger charge is -1.96. The van der Waals surface area contributed by atoms with Gasteiger partial charge in [-0.2, -0.15) is 4.98 Å². The Kier molecular flexibility index (Phi) is 2.61. The van der Waals surface area contributed by atoms with E-state index in [1.54, 1.807) is 18.2 Å². The molecule has 0 aliphatic carbocycles. The molecule has 0 radical (unpaired) electrons. The maximum Gasteiger partial charge on any atom is 0.257 e. The molecule has 0 bridgehead atoms. The van der Waals surface area contributed by atoms with E-state index in [0.29, 0.717) is 5.89 Å². The van der Waals surface area contributed by atoms with E-state index in [1.165, 1.54) is 18.9 Å². The summed E-state index contributed by atoms with van der Waals surface area (Å²) in [5, 5.41) is 3.52. The molecule has 0 N–H and O–H groups in total. The molecule has 0 atom stereocenters. The van der Waals surface area contributed by atoms with Gasteiger partial charge < -0.3 is 14.0 Å². The summed E-state index contributed by atoms with van der Waals surface area (Å²) in [5.74, 6) is 0.441. The first-order valence-electron chi connectivity index (χ1n) is 4.00. The minimum absolute atomic E-state index is 0.192. The number of nitrogens with zero attached hydrogens (tertiary/aromatic N) is 2. The Morgan fingerprint density at radius 3 is 3.00 bits per heavy atom. The van der Waals surface area contributed by atoms with Crippen LogP contribution in [0.1, 0.15) is 5.89 Å². The summed E-state index contributed by atoms with van der Waals surface area (Å²) in [6.45, 7) is 0.192. The predicted molar refractivity (Wildman–Crippen MR) is 47.6 cm³/mol. The fourth-order valence-corrected chi connectivity index (χ4v) is 0.936. The van der Waals surface area contributed by atoms with Gasteiger partial charge in [0.25, 0.3) is 5.89 Å². The predicted octanol–water partition coefficient (Wildman–Crippen LogP) is 1.48. The zero-order valence-electron chi connectivity index (χ0n) is 7.29. The van der Waals surface area contributed by atoms with Crippen molar-refractivity contribution in [2.45, 2.75) is 0 Å². The monoisotopic (exact) mass is 192 g/mol. The van der Waals surface area contributed by atoms with Gasteiger partial charge in [0, 0.05) is 5.57 Å². The fraction of sp³-hybridized carbons (Fsp3) is 0.111. The number of aromatic nitrogens is 2. The average molecular weight is 192 g/mol. The number of ether oxygens (including phenoxy) is 2. The van der Waals surface area contributed by atoms with E-state index in [1.807, 2.05) is 0 Å². The van der Waals surface area contributed by atoms with Crippen molar-refractivity contribution in [3.63, 3.8) is 0 Å². The highest BCUT2D eigenvalue weighted by Crippen LogP contribution is 2.13. The normalized spacial score (nSPS) is 24.1. The summed E-state index contributed by atoms with van der Waals surface area (Å²) >= 11 is 0. The SMILES string of the molecule is C1=C/C(c2ncno2)=C\C=C\OCO\1. The zero-order valence-corrected chi connectivity index (χ0v) is 7.29. The third-order valence-corrected chi connectivity index (χ3v) is 1.54. The van der Waals surface area contributed by atoms with Crippen molar-refractivity contribution in [2.75, 3.05) is 6.79 Å². The molecule has 1 aliphatic rings. The highest BCUT2D eigenvalue weighted by molar-refractivity contribution is 5.69. The molecule has 0 spiro atoms. The van der Waals surface area contributed by atoms with Gasteiger partial charge in [-0.05, 0) is 18.2 Å². The standard InChI is InChI=1S/C9H8N2O3/c1-2-8(9-10-6-11-14-9)3-5-13-7-12-4-1/h1-6H,7H2/b4-1+,5-3-,8-2+. The van der Waals surface area contributed by atoms with Gasteiger partial charge in [0.2, 0.25) is 6.79 Å². The van der Waals surface area contributed by atoms with E-state index >= 15 is 0 Å². The lowest BCUT2D eigenvalue weighted by molar-refractivity contribution is 0.0455. The van der Waals surface area contributed by atoms with Crippen LogP contribution in [0, 0.1) is 0 Å².